The lowest BCUT2D eigenvalue weighted by Gasteiger charge is -2.13. The van der Waals surface area contributed by atoms with Crippen molar-refractivity contribution in [3.63, 3.8) is 0 Å². The van der Waals surface area contributed by atoms with Crippen molar-refractivity contribution in [2.24, 2.45) is 0 Å². The maximum absolute atomic E-state index is 12.7. The normalized spacial score (nSPS) is 11.6. The summed E-state index contributed by atoms with van der Waals surface area (Å²) in [6.07, 6.45) is -3.74. The van der Waals surface area contributed by atoms with E-state index < -0.39 is 17.5 Å². The molecule has 0 unspecified atom stereocenters. The number of nitrogens with zero attached hydrogens (tertiary/aromatic N) is 1. The minimum Gasteiger partial charge on any atom is -0.505 e. The van der Waals surface area contributed by atoms with E-state index in [0.717, 1.165) is 6.20 Å². The third kappa shape index (κ3) is 2.62. The lowest BCUT2D eigenvalue weighted by Crippen LogP contribution is -2.06. The van der Waals surface area contributed by atoms with E-state index in [4.69, 9.17) is 23.2 Å². The number of hydrogen-bond acceptors (Lipinski definition) is 2. The largest absolute Gasteiger partial charge is 0.505 e. The van der Waals surface area contributed by atoms with Gasteiger partial charge in [-0.1, -0.05) is 29.3 Å². The van der Waals surface area contributed by atoms with Crippen LogP contribution in [0.3, 0.4) is 0 Å². The number of alkyl halides is 3. The van der Waals surface area contributed by atoms with Gasteiger partial charge in [0.25, 0.3) is 0 Å². The van der Waals surface area contributed by atoms with E-state index in [-0.39, 0.29) is 21.3 Å². The van der Waals surface area contributed by atoms with Gasteiger partial charge in [0.1, 0.15) is 11.3 Å². The second kappa shape index (κ2) is 4.90. The van der Waals surface area contributed by atoms with Gasteiger partial charge in [0, 0.05) is 11.8 Å². The summed E-state index contributed by atoms with van der Waals surface area (Å²) in [5, 5.41) is 9.94. The summed E-state index contributed by atoms with van der Waals surface area (Å²) in [6.45, 7) is 0. The quantitative estimate of drug-likeness (QED) is 0.822. The lowest BCUT2D eigenvalue weighted by atomic mass is 10.1. The summed E-state index contributed by atoms with van der Waals surface area (Å²) >= 11 is 11.8. The molecule has 1 N–H and O–H groups in total. The fourth-order valence-electron chi connectivity index (χ4n) is 1.59. The third-order valence-electron chi connectivity index (χ3n) is 2.43. The van der Waals surface area contributed by atoms with Crippen LogP contribution in [0.5, 0.6) is 5.75 Å². The summed E-state index contributed by atoms with van der Waals surface area (Å²) in [7, 11) is 0. The first-order chi connectivity index (χ1) is 8.82. The Hall–Kier alpha value is -1.46. The lowest BCUT2D eigenvalue weighted by molar-refractivity contribution is -0.138. The van der Waals surface area contributed by atoms with Crippen molar-refractivity contribution >= 4 is 23.2 Å². The fourth-order valence-corrected chi connectivity index (χ4v) is 2.17. The molecule has 7 heteroatoms. The SMILES string of the molecule is Oc1c(C(F)(F)F)ccnc1-c1c(Cl)cccc1Cl. The van der Waals surface area contributed by atoms with Crippen LogP contribution in [-0.2, 0) is 6.18 Å². The Bertz CT molecular complexity index is 609. The Morgan fingerprint density at radius 3 is 2.16 bits per heavy atom. The second-order valence-corrected chi connectivity index (χ2v) is 4.46. The van der Waals surface area contributed by atoms with Crippen molar-refractivity contribution < 1.29 is 18.3 Å². The monoisotopic (exact) mass is 307 g/mol. The van der Waals surface area contributed by atoms with Crippen LogP contribution in [0.25, 0.3) is 11.3 Å². The first kappa shape index (κ1) is 14.0. The molecule has 2 aromatic rings. The van der Waals surface area contributed by atoms with Crippen LogP contribution in [0, 0.1) is 0 Å². The molecular formula is C12H6Cl2F3NO. The molecule has 1 heterocycles. The van der Waals surface area contributed by atoms with Crippen molar-refractivity contribution in [1.29, 1.82) is 0 Å². The molecule has 0 saturated heterocycles. The average molecular weight is 308 g/mol. The van der Waals surface area contributed by atoms with Gasteiger partial charge >= 0.3 is 6.18 Å². The highest BCUT2D eigenvalue weighted by Gasteiger charge is 2.35. The average Bonchev–Trinajstić information content (AvgIpc) is 2.29. The van der Waals surface area contributed by atoms with Crippen molar-refractivity contribution in [2.45, 2.75) is 6.18 Å². The zero-order valence-electron chi connectivity index (χ0n) is 9.17. The van der Waals surface area contributed by atoms with Crippen LogP contribution in [0.2, 0.25) is 10.0 Å². The van der Waals surface area contributed by atoms with Gasteiger partial charge in [-0.25, -0.2) is 0 Å². The molecule has 0 bridgehead atoms. The molecule has 0 aliphatic carbocycles. The van der Waals surface area contributed by atoms with Crippen LogP contribution >= 0.6 is 23.2 Å². The topological polar surface area (TPSA) is 33.1 Å². The summed E-state index contributed by atoms with van der Waals surface area (Å²) in [5.41, 5.74) is -1.42. The molecule has 0 saturated carbocycles. The summed E-state index contributed by atoms with van der Waals surface area (Å²) in [5.74, 6) is -0.995. The van der Waals surface area contributed by atoms with E-state index in [2.05, 4.69) is 4.98 Å². The van der Waals surface area contributed by atoms with Crippen LogP contribution < -0.4 is 0 Å². The van der Waals surface area contributed by atoms with E-state index in [0.29, 0.717) is 6.07 Å². The zero-order valence-corrected chi connectivity index (χ0v) is 10.7. The fraction of sp³-hybridized carbons (Fsp3) is 0.0833. The van der Waals surface area contributed by atoms with Gasteiger partial charge in [-0.3, -0.25) is 4.98 Å². The molecule has 0 radical (unpaired) electrons. The highest BCUT2D eigenvalue weighted by Crippen LogP contribution is 2.43. The van der Waals surface area contributed by atoms with Crippen LogP contribution in [0.15, 0.2) is 30.5 Å². The molecule has 2 rings (SSSR count). The molecule has 0 aliphatic rings. The summed E-state index contributed by atoms with van der Waals surface area (Å²) in [6, 6.07) is 5.12. The van der Waals surface area contributed by atoms with Crippen molar-refractivity contribution in [3.8, 4) is 17.0 Å². The number of pyridine rings is 1. The second-order valence-electron chi connectivity index (χ2n) is 3.65. The van der Waals surface area contributed by atoms with Crippen molar-refractivity contribution in [1.82, 2.24) is 4.98 Å². The van der Waals surface area contributed by atoms with Crippen LogP contribution in [0.1, 0.15) is 5.56 Å². The Balaban J connectivity index is 2.71. The van der Waals surface area contributed by atoms with E-state index in [1.54, 1.807) is 6.07 Å². The van der Waals surface area contributed by atoms with Gasteiger partial charge in [-0.2, -0.15) is 13.2 Å². The minimum absolute atomic E-state index is 0.0643. The first-order valence-electron chi connectivity index (χ1n) is 5.02. The molecule has 2 nitrogen and oxygen atoms in total. The summed E-state index contributed by atoms with van der Waals surface area (Å²) < 4.78 is 38.1. The standard InChI is InChI=1S/C12H6Cl2F3NO/c13-7-2-1-3-8(14)9(7)10-11(19)6(4-5-18-10)12(15,16)17/h1-5,19H. The molecule has 0 amide bonds. The van der Waals surface area contributed by atoms with Gasteiger partial charge < -0.3 is 5.11 Å². The van der Waals surface area contributed by atoms with E-state index in [1.807, 2.05) is 0 Å². The molecule has 0 atom stereocenters. The molecule has 100 valence electrons. The summed E-state index contributed by atoms with van der Waals surface area (Å²) in [4.78, 5) is 3.73. The number of rotatable bonds is 1. The number of hydrogen-bond donors (Lipinski definition) is 1. The molecule has 19 heavy (non-hydrogen) atoms. The zero-order chi connectivity index (χ0) is 14.2. The van der Waals surface area contributed by atoms with Gasteiger partial charge in [-0.15, -0.1) is 0 Å². The van der Waals surface area contributed by atoms with Crippen molar-refractivity contribution in [3.05, 3.63) is 46.1 Å². The Kier molecular flexibility index (Phi) is 3.60. The predicted molar refractivity (Wildman–Crippen MR) is 66.4 cm³/mol. The van der Waals surface area contributed by atoms with Gasteiger partial charge in [0.05, 0.1) is 10.0 Å². The number of aromatic nitrogens is 1. The number of halogens is 5. The molecule has 1 aromatic carbocycles. The minimum atomic E-state index is -4.69. The highest BCUT2D eigenvalue weighted by atomic mass is 35.5. The number of benzene rings is 1. The molecular weight excluding hydrogens is 302 g/mol. The maximum atomic E-state index is 12.7. The van der Waals surface area contributed by atoms with Crippen LogP contribution in [-0.4, -0.2) is 10.1 Å². The molecule has 0 aliphatic heterocycles. The van der Waals surface area contributed by atoms with Crippen molar-refractivity contribution in [2.75, 3.05) is 0 Å². The maximum Gasteiger partial charge on any atom is 0.420 e. The predicted octanol–water partition coefficient (Wildman–Crippen LogP) is 4.78. The number of aromatic hydroxyl groups is 1. The Labute approximate surface area is 116 Å². The van der Waals surface area contributed by atoms with Crippen LogP contribution in [0.4, 0.5) is 13.2 Å². The first-order valence-corrected chi connectivity index (χ1v) is 5.77. The van der Waals surface area contributed by atoms with E-state index in [9.17, 15) is 18.3 Å². The molecule has 1 aromatic heterocycles. The molecule has 0 fully saturated rings. The van der Waals surface area contributed by atoms with Gasteiger partial charge in [0.15, 0.2) is 5.75 Å². The Morgan fingerprint density at radius 1 is 1.05 bits per heavy atom. The smallest absolute Gasteiger partial charge is 0.420 e. The van der Waals surface area contributed by atoms with Gasteiger partial charge in [0.2, 0.25) is 0 Å². The molecule has 0 spiro atoms. The third-order valence-corrected chi connectivity index (χ3v) is 3.06. The van der Waals surface area contributed by atoms with Gasteiger partial charge in [-0.05, 0) is 18.2 Å². The highest BCUT2D eigenvalue weighted by molar-refractivity contribution is 6.39. The Morgan fingerprint density at radius 2 is 1.63 bits per heavy atom. The van der Waals surface area contributed by atoms with E-state index in [1.165, 1.54) is 12.1 Å². The van der Waals surface area contributed by atoms with E-state index >= 15 is 0 Å².